The van der Waals surface area contributed by atoms with Gasteiger partial charge in [-0.1, -0.05) is 24.3 Å². The first kappa shape index (κ1) is 14.9. The van der Waals surface area contributed by atoms with Gasteiger partial charge in [-0.3, -0.25) is 4.79 Å². The van der Waals surface area contributed by atoms with Gasteiger partial charge in [-0.25, -0.2) is 0 Å². The van der Waals surface area contributed by atoms with E-state index in [0.29, 0.717) is 6.61 Å². The predicted octanol–water partition coefficient (Wildman–Crippen LogP) is 3.16. The molecule has 4 heteroatoms. The summed E-state index contributed by atoms with van der Waals surface area (Å²) < 4.78 is 5.43. The highest BCUT2D eigenvalue weighted by atomic mass is 16.5. The van der Waals surface area contributed by atoms with Gasteiger partial charge < -0.3 is 15.0 Å². The van der Waals surface area contributed by atoms with Gasteiger partial charge in [-0.05, 0) is 31.2 Å². The summed E-state index contributed by atoms with van der Waals surface area (Å²) in [6.07, 6.45) is 0. The highest BCUT2D eigenvalue weighted by Gasteiger charge is 2.10. The van der Waals surface area contributed by atoms with Crippen molar-refractivity contribution in [3.8, 4) is 5.75 Å². The second kappa shape index (κ2) is 7.33. The second-order valence-electron chi connectivity index (χ2n) is 4.60. The minimum atomic E-state index is 0.00279. The zero-order valence-corrected chi connectivity index (χ0v) is 12.4. The zero-order chi connectivity index (χ0) is 15.1. The van der Waals surface area contributed by atoms with Crippen LogP contribution in [0.3, 0.4) is 0 Å². The molecule has 2 aromatic carbocycles. The summed E-state index contributed by atoms with van der Waals surface area (Å²) in [5.41, 5.74) is 1.75. The maximum atomic E-state index is 12.2. The molecule has 0 aliphatic rings. The van der Waals surface area contributed by atoms with E-state index in [0.717, 1.165) is 17.1 Å². The molecule has 2 rings (SSSR count). The van der Waals surface area contributed by atoms with Crippen LogP contribution >= 0.6 is 0 Å². The maximum Gasteiger partial charge on any atom is 0.246 e. The third kappa shape index (κ3) is 4.24. The molecule has 0 heterocycles. The van der Waals surface area contributed by atoms with E-state index in [9.17, 15) is 4.79 Å². The van der Waals surface area contributed by atoms with E-state index in [-0.39, 0.29) is 12.5 Å². The minimum absolute atomic E-state index is 0.00279. The van der Waals surface area contributed by atoms with E-state index < -0.39 is 0 Å². The standard InChI is InChI=1S/C17H20N2O2/c1-3-21-16-11-7-8-14(12-16)18-13-17(20)19(2)15-9-5-4-6-10-15/h4-12,18H,3,13H2,1-2H3. The van der Waals surface area contributed by atoms with Gasteiger partial charge in [-0.2, -0.15) is 0 Å². The van der Waals surface area contributed by atoms with Gasteiger partial charge in [0.15, 0.2) is 0 Å². The van der Waals surface area contributed by atoms with Crippen molar-refractivity contribution in [2.24, 2.45) is 0 Å². The first-order valence-corrected chi connectivity index (χ1v) is 6.99. The Morgan fingerprint density at radius 1 is 1.14 bits per heavy atom. The van der Waals surface area contributed by atoms with Crippen LogP contribution in [-0.2, 0) is 4.79 Å². The van der Waals surface area contributed by atoms with E-state index in [2.05, 4.69) is 5.32 Å². The molecule has 0 unspecified atom stereocenters. The SMILES string of the molecule is CCOc1cccc(NCC(=O)N(C)c2ccccc2)c1. The number of ether oxygens (including phenoxy) is 1. The van der Waals surface area contributed by atoms with Crippen molar-refractivity contribution in [3.63, 3.8) is 0 Å². The molecule has 0 aliphatic carbocycles. The number of hydrogen-bond acceptors (Lipinski definition) is 3. The number of benzene rings is 2. The predicted molar refractivity (Wildman–Crippen MR) is 86.0 cm³/mol. The molecule has 0 saturated heterocycles. The zero-order valence-electron chi connectivity index (χ0n) is 12.4. The van der Waals surface area contributed by atoms with Crippen molar-refractivity contribution in [3.05, 3.63) is 54.6 Å². The molecule has 0 aromatic heterocycles. The van der Waals surface area contributed by atoms with Gasteiger partial charge in [0.1, 0.15) is 5.75 Å². The molecule has 0 bridgehead atoms. The average Bonchev–Trinajstić information content (AvgIpc) is 2.53. The number of hydrogen-bond donors (Lipinski definition) is 1. The smallest absolute Gasteiger partial charge is 0.246 e. The van der Waals surface area contributed by atoms with Crippen LogP contribution in [0, 0.1) is 0 Å². The number of para-hydroxylation sites is 1. The van der Waals surface area contributed by atoms with E-state index >= 15 is 0 Å². The normalized spacial score (nSPS) is 10.0. The Morgan fingerprint density at radius 3 is 2.62 bits per heavy atom. The van der Waals surface area contributed by atoms with Gasteiger partial charge in [0.2, 0.25) is 5.91 Å². The van der Waals surface area contributed by atoms with E-state index in [1.807, 2.05) is 61.5 Å². The van der Waals surface area contributed by atoms with Crippen LogP contribution in [-0.4, -0.2) is 26.1 Å². The van der Waals surface area contributed by atoms with Crippen LogP contribution < -0.4 is 15.0 Å². The van der Waals surface area contributed by atoms with Gasteiger partial charge >= 0.3 is 0 Å². The van der Waals surface area contributed by atoms with Gasteiger partial charge in [0, 0.05) is 24.5 Å². The van der Waals surface area contributed by atoms with Crippen LogP contribution in [0.5, 0.6) is 5.75 Å². The number of carbonyl (C=O) groups excluding carboxylic acids is 1. The number of anilines is 2. The molecule has 0 saturated carbocycles. The van der Waals surface area contributed by atoms with Crippen molar-refractivity contribution in [1.29, 1.82) is 0 Å². The molecular formula is C17H20N2O2. The molecule has 4 nitrogen and oxygen atoms in total. The van der Waals surface area contributed by atoms with Crippen molar-refractivity contribution >= 4 is 17.3 Å². The molecule has 1 N–H and O–H groups in total. The lowest BCUT2D eigenvalue weighted by atomic mass is 10.3. The number of nitrogens with one attached hydrogen (secondary N) is 1. The Bertz CT molecular complexity index is 584. The van der Waals surface area contributed by atoms with Crippen LogP contribution in [0.15, 0.2) is 54.6 Å². The fourth-order valence-corrected chi connectivity index (χ4v) is 1.95. The number of nitrogens with zero attached hydrogens (tertiary/aromatic N) is 1. The van der Waals surface area contributed by atoms with E-state index in [4.69, 9.17) is 4.74 Å². The number of rotatable bonds is 6. The van der Waals surface area contributed by atoms with Crippen LogP contribution in [0.4, 0.5) is 11.4 Å². The Balaban J connectivity index is 1.93. The molecule has 0 radical (unpaired) electrons. The molecule has 0 atom stereocenters. The van der Waals surface area contributed by atoms with E-state index in [1.54, 1.807) is 11.9 Å². The van der Waals surface area contributed by atoms with Crippen LogP contribution in [0.2, 0.25) is 0 Å². The molecule has 1 amide bonds. The Kier molecular flexibility index (Phi) is 5.21. The van der Waals surface area contributed by atoms with Gasteiger partial charge in [-0.15, -0.1) is 0 Å². The second-order valence-corrected chi connectivity index (χ2v) is 4.60. The lowest BCUT2D eigenvalue weighted by Gasteiger charge is -2.18. The summed E-state index contributed by atoms with van der Waals surface area (Å²) >= 11 is 0. The molecule has 0 fully saturated rings. The summed E-state index contributed by atoms with van der Waals surface area (Å²) in [4.78, 5) is 13.8. The molecule has 110 valence electrons. The molecular weight excluding hydrogens is 264 g/mol. The monoisotopic (exact) mass is 284 g/mol. The third-order valence-electron chi connectivity index (χ3n) is 3.11. The Morgan fingerprint density at radius 2 is 1.90 bits per heavy atom. The summed E-state index contributed by atoms with van der Waals surface area (Å²) in [7, 11) is 1.77. The summed E-state index contributed by atoms with van der Waals surface area (Å²) in [6, 6.07) is 17.2. The first-order valence-electron chi connectivity index (χ1n) is 6.99. The fourth-order valence-electron chi connectivity index (χ4n) is 1.95. The maximum absolute atomic E-state index is 12.2. The van der Waals surface area contributed by atoms with Crippen LogP contribution in [0.25, 0.3) is 0 Å². The molecule has 0 spiro atoms. The third-order valence-corrected chi connectivity index (χ3v) is 3.11. The lowest BCUT2D eigenvalue weighted by molar-refractivity contribution is -0.116. The van der Waals surface area contributed by atoms with Gasteiger partial charge in [0.25, 0.3) is 0 Å². The van der Waals surface area contributed by atoms with Crippen molar-refractivity contribution in [2.45, 2.75) is 6.92 Å². The Hall–Kier alpha value is -2.49. The Labute approximate surface area is 125 Å². The van der Waals surface area contributed by atoms with Crippen molar-refractivity contribution < 1.29 is 9.53 Å². The number of amides is 1. The fraction of sp³-hybridized carbons (Fsp3) is 0.235. The summed E-state index contributed by atoms with van der Waals surface area (Å²) in [6.45, 7) is 2.80. The molecule has 21 heavy (non-hydrogen) atoms. The van der Waals surface area contributed by atoms with Gasteiger partial charge in [0.05, 0.1) is 13.2 Å². The molecule has 2 aromatic rings. The highest BCUT2D eigenvalue weighted by Crippen LogP contribution is 2.17. The van der Waals surface area contributed by atoms with Crippen molar-refractivity contribution in [2.75, 3.05) is 30.4 Å². The first-order chi connectivity index (χ1) is 10.2. The summed E-state index contributed by atoms with van der Waals surface area (Å²) in [5, 5.41) is 3.12. The topological polar surface area (TPSA) is 41.6 Å². The summed E-state index contributed by atoms with van der Waals surface area (Å²) in [5.74, 6) is 0.800. The highest BCUT2D eigenvalue weighted by molar-refractivity contribution is 5.95. The average molecular weight is 284 g/mol. The minimum Gasteiger partial charge on any atom is -0.494 e. The number of likely N-dealkylation sites (N-methyl/N-ethyl adjacent to an activating group) is 1. The van der Waals surface area contributed by atoms with Crippen LogP contribution in [0.1, 0.15) is 6.92 Å². The lowest BCUT2D eigenvalue weighted by Crippen LogP contribution is -2.32. The molecule has 0 aliphatic heterocycles. The van der Waals surface area contributed by atoms with E-state index in [1.165, 1.54) is 0 Å². The quantitative estimate of drug-likeness (QED) is 0.886. The largest absolute Gasteiger partial charge is 0.494 e. The number of carbonyl (C=O) groups is 1. The van der Waals surface area contributed by atoms with Crippen molar-refractivity contribution in [1.82, 2.24) is 0 Å².